The van der Waals surface area contributed by atoms with Gasteiger partial charge in [0.15, 0.2) is 5.78 Å². The zero-order valence-corrected chi connectivity index (χ0v) is 12.9. The van der Waals surface area contributed by atoms with E-state index >= 15 is 0 Å². The van der Waals surface area contributed by atoms with Crippen LogP contribution in [0.2, 0.25) is 0 Å². The average Bonchev–Trinajstić information content (AvgIpc) is 2.76. The van der Waals surface area contributed by atoms with Crippen LogP contribution < -0.4 is 0 Å². The molecule has 0 aliphatic rings. The van der Waals surface area contributed by atoms with Gasteiger partial charge < -0.3 is 0 Å². The number of carbonyl (C=O) groups excluding carboxylic acids is 1. The molecule has 0 saturated heterocycles. The molecule has 0 spiro atoms. The molecule has 0 fully saturated rings. The highest BCUT2D eigenvalue weighted by Gasteiger charge is 2.16. The van der Waals surface area contributed by atoms with Gasteiger partial charge in [0, 0.05) is 23.3 Å². The third-order valence-corrected chi connectivity index (χ3v) is 3.77. The van der Waals surface area contributed by atoms with Gasteiger partial charge in [-0.25, -0.2) is 4.39 Å². The zero-order chi connectivity index (χ0) is 15.0. The molecular formula is C16H12BrFN2O. The quantitative estimate of drug-likeness (QED) is 0.674. The van der Waals surface area contributed by atoms with Gasteiger partial charge in [0.05, 0.1) is 5.52 Å². The van der Waals surface area contributed by atoms with Gasteiger partial charge in [-0.15, -0.1) is 0 Å². The van der Waals surface area contributed by atoms with Crippen molar-refractivity contribution in [1.29, 1.82) is 0 Å². The van der Waals surface area contributed by atoms with Crippen molar-refractivity contribution in [2.45, 2.75) is 6.42 Å². The number of halogens is 2. The number of Topliss-reactive ketones (excluding diaryl/α,β-unsaturated/α-hetero) is 1. The Labute approximate surface area is 129 Å². The molecule has 3 rings (SSSR count). The highest BCUT2D eigenvalue weighted by Crippen LogP contribution is 2.21. The summed E-state index contributed by atoms with van der Waals surface area (Å²) in [4.78, 5) is 12.5. The lowest BCUT2D eigenvalue weighted by atomic mass is 10.0. The first-order valence-electron chi connectivity index (χ1n) is 6.44. The minimum Gasteiger partial charge on any atom is -0.292 e. The predicted octanol–water partition coefficient (Wildman–Crippen LogP) is 3.90. The summed E-state index contributed by atoms with van der Waals surface area (Å²) >= 11 is 3.23. The monoisotopic (exact) mass is 346 g/mol. The van der Waals surface area contributed by atoms with E-state index in [0.717, 1.165) is 10.9 Å². The number of rotatable bonds is 3. The summed E-state index contributed by atoms with van der Waals surface area (Å²) in [6, 6.07) is 12.0. The molecular weight excluding hydrogens is 335 g/mol. The maximum Gasteiger partial charge on any atom is 0.188 e. The fourth-order valence-electron chi connectivity index (χ4n) is 2.40. The van der Waals surface area contributed by atoms with Crippen LogP contribution in [0.4, 0.5) is 4.39 Å². The van der Waals surface area contributed by atoms with Crippen molar-refractivity contribution < 1.29 is 9.18 Å². The first-order chi connectivity index (χ1) is 10.0. The average molecular weight is 347 g/mol. The molecule has 0 unspecified atom stereocenters. The summed E-state index contributed by atoms with van der Waals surface area (Å²) in [5.74, 6) is -0.484. The molecule has 106 valence electrons. The number of carbonyl (C=O) groups is 1. The lowest BCUT2D eigenvalue weighted by molar-refractivity contribution is 0.0989. The number of ketones is 1. The van der Waals surface area contributed by atoms with E-state index in [9.17, 15) is 9.18 Å². The molecule has 5 heteroatoms. The van der Waals surface area contributed by atoms with Gasteiger partial charge in [-0.3, -0.25) is 9.48 Å². The first kappa shape index (κ1) is 13.9. The Kier molecular flexibility index (Phi) is 3.59. The molecule has 0 amide bonds. The van der Waals surface area contributed by atoms with E-state index in [4.69, 9.17) is 0 Å². The maximum absolute atomic E-state index is 13.4. The number of hydrogen-bond donors (Lipinski definition) is 0. The number of hydrogen-bond acceptors (Lipinski definition) is 2. The van der Waals surface area contributed by atoms with E-state index in [1.807, 2.05) is 24.3 Å². The molecule has 0 radical (unpaired) electrons. The topological polar surface area (TPSA) is 34.9 Å². The summed E-state index contributed by atoms with van der Waals surface area (Å²) in [7, 11) is 1.80. The number of nitrogens with zero attached hydrogens (tertiary/aromatic N) is 2. The summed E-state index contributed by atoms with van der Waals surface area (Å²) in [5.41, 5.74) is 1.95. The van der Waals surface area contributed by atoms with Gasteiger partial charge in [-0.1, -0.05) is 34.1 Å². The fraction of sp³-hybridized carbons (Fsp3) is 0.125. The van der Waals surface area contributed by atoms with Crippen LogP contribution in [0.1, 0.15) is 16.1 Å². The molecule has 0 bridgehead atoms. The standard InChI is InChI=1S/C16H12BrFN2O/c1-20-14-5-3-2-4-13(14)16(19-20)15(21)8-10-6-11(17)9-12(18)7-10/h2-7,9H,8H2,1H3. The van der Waals surface area contributed by atoms with Crippen LogP contribution >= 0.6 is 15.9 Å². The van der Waals surface area contributed by atoms with Gasteiger partial charge in [0.25, 0.3) is 0 Å². The summed E-state index contributed by atoms with van der Waals surface area (Å²) in [6.45, 7) is 0. The highest BCUT2D eigenvalue weighted by atomic mass is 79.9. The number of fused-ring (bicyclic) bond motifs is 1. The Bertz CT molecular complexity index is 821. The van der Waals surface area contributed by atoms with E-state index in [1.54, 1.807) is 17.8 Å². The minimum atomic E-state index is -0.363. The number of aromatic nitrogens is 2. The maximum atomic E-state index is 13.4. The molecule has 0 aliphatic heterocycles. The molecule has 1 aromatic heterocycles. The van der Waals surface area contributed by atoms with Crippen LogP contribution in [0, 0.1) is 5.82 Å². The number of para-hydroxylation sites is 1. The first-order valence-corrected chi connectivity index (χ1v) is 7.24. The molecule has 0 aliphatic carbocycles. The second kappa shape index (κ2) is 5.41. The van der Waals surface area contributed by atoms with Crippen molar-refractivity contribution in [2.75, 3.05) is 0 Å². The van der Waals surface area contributed by atoms with Gasteiger partial charge in [0.2, 0.25) is 0 Å². The van der Waals surface area contributed by atoms with Gasteiger partial charge in [0.1, 0.15) is 11.5 Å². The van der Waals surface area contributed by atoms with Crippen LogP contribution in [-0.2, 0) is 13.5 Å². The van der Waals surface area contributed by atoms with Crippen LogP contribution in [0.25, 0.3) is 10.9 Å². The van der Waals surface area contributed by atoms with E-state index in [0.29, 0.717) is 15.7 Å². The predicted molar refractivity (Wildman–Crippen MR) is 82.8 cm³/mol. The zero-order valence-electron chi connectivity index (χ0n) is 11.3. The molecule has 0 saturated carbocycles. The van der Waals surface area contributed by atoms with Gasteiger partial charge >= 0.3 is 0 Å². The molecule has 21 heavy (non-hydrogen) atoms. The lowest BCUT2D eigenvalue weighted by Gasteiger charge is -2.01. The van der Waals surface area contributed by atoms with E-state index in [2.05, 4.69) is 21.0 Å². The third kappa shape index (κ3) is 2.74. The van der Waals surface area contributed by atoms with Crippen LogP contribution in [0.3, 0.4) is 0 Å². The Balaban J connectivity index is 1.97. The number of benzene rings is 2. The van der Waals surface area contributed by atoms with Gasteiger partial charge in [-0.2, -0.15) is 5.10 Å². The van der Waals surface area contributed by atoms with Crippen molar-refractivity contribution in [2.24, 2.45) is 7.05 Å². The van der Waals surface area contributed by atoms with E-state index in [1.165, 1.54) is 12.1 Å². The fourth-order valence-corrected chi connectivity index (χ4v) is 2.91. The summed E-state index contributed by atoms with van der Waals surface area (Å²) in [5, 5.41) is 5.11. The van der Waals surface area contributed by atoms with E-state index in [-0.39, 0.29) is 18.0 Å². The number of aryl methyl sites for hydroxylation is 1. The van der Waals surface area contributed by atoms with Crippen LogP contribution in [-0.4, -0.2) is 15.6 Å². The molecule has 0 N–H and O–H groups in total. The Morgan fingerprint density at radius 1 is 1.29 bits per heavy atom. The second-order valence-corrected chi connectivity index (χ2v) is 5.78. The summed E-state index contributed by atoms with van der Waals surface area (Å²) in [6.07, 6.45) is 0.122. The lowest BCUT2D eigenvalue weighted by Crippen LogP contribution is -2.06. The normalized spacial score (nSPS) is 11.0. The minimum absolute atomic E-state index is 0.121. The van der Waals surface area contributed by atoms with Crippen LogP contribution in [0.5, 0.6) is 0 Å². The van der Waals surface area contributed by atoms with Crippen LogP contribution in [0.15, 0.2) is 46.9 Å². The molecule has 3 aromatic rings. The Hall–Kier alpha value is -2.01. The van der Waals surface area contributed by atoms with E-state index < -0.39 is 0 Å². The molecule has 3 nitrogen and oxygen atoms in total. The van der Waals surface area contributed by atoms with Crippen molar-refractivity contribution >= 4 is 32.6 Å². The highest BCUT2D eigenvalue weighted by molar-refractivity contribution is 9.10. The Morgan fingerprint density at radius 2 is 2.05 bits per heavy atom. The Morgan fingerprint density at radius 3 is 2.81 bits per heavy atom. The largest absolute Gasteiger partial charge is 0.292 e. The van der Waals surface area contributed by atoms with Crippen molar-refractivity contribution in [3.05, 3.63) is 64.0 Å². The second-order valence-electron chi connectivity index (χ2n) is 4.87. The smallest absolute Gasteiger partial charge is 0.188 e. The van der Waals surface area contributed by atoms with Crippen molar-refractivity contribution in [1.82, 2.24) is 9.78 Å². The molecule has 1 heterocycles. The molecule has 0 atom stereocenters. The third-order valence-electron chi connectivity index (χ3n) is 3.31. The van der Waals surface area contributed by atoms with Gasteiger partial charge in [-0.05, 0) is 29.8 Å². The molecule has 2 aromatic carbocycles. The van der Waals surface area contributed by atoms with Crippen molar-refractivity contribution in [3.8, 4) is 0 Å². The SMILES string of the molecule is Cn1nc(C(=O)Cc2cc(F)cc(Br)c2)c2ccccc21. The van der Waals surface area contributed by atoms with Crippen molar-refractivity contribution in [3.63, 3.8) is 0 Å². The summed E-state index contributed by atoms with van der Waals surface area (Å²) < 4.78 is 15.7.